The molecule has 0 bridgehead atoms. The van der Waals surface area contributed by atoms with Crippen LogP contribution < -0.4 is 15.4 Å². The Hall–Kier alpha value is -2.22. The molecule has 0 radical (unpaired) electrons. The number of hydrogen-bond acceptors (Lipinski definition) is 4. The number of carbonyl (C=O) groups is 2. The van der Waals surface area contributed by atoms with E-state index >= 15 is 0 Å². The summed E-state index contributed by atoms with van der Waals surface area (Å²) in [5.74, 6) is -0.395. The van der Waals surface area contributed by atoms with Gasteiger partial charge >= 0.3 is 6.61 Å². The Labute approximate surface area is 144 Å². The average Bonchev–Trinajstić information content (AvgIpc) is 3.02. The van der Waals surface area contributed by atoms with Crippen molar-refractivity contribution in [2.45, 2.75) is 25.5 Å². The van der Waals surface area contributed by atoms with Gasteiger partial charge in [-0.3, -0.25) is 9.59 Å². The van der Waals surface area contributed by atoms with Crippen LogP contribution in [0.3, 0.4) is 0 Å². The number of ether oxygens (including phenoxy) is 1. The molecule has 0 aromatic heterocycles. The van der Waals surface area contributed by atoms with Crippen molar-refractivity contribution in [1.82, 2.24) is 15.5 Å². The minimum Gasteiger partial charge on any atom is -0.434 e. The molecule has 0 saturated carbocycles. The highest BCUT2D eigenvalue weighted by molar-refractivity contribution is 6.00. The zero-order chi connectivity index (χ0) is 17.8. The lowest BCUT2D eigenvalue weighted by molar-refractivity contribution is -0.125. The van der Waals surface area contributed by atoms with Gasteiger partial charge in [0.05, 0.1) is 5.56 Å². The van der Waals surface area contributed by atoms with Crippen molar-refractivity contribution in [3.05, 3.63) is 29.8 Å². The molecule has 25 heavy (non-hydrogen) atoms. The molecule has 136 valence electrons. The van der Waals surface area contributed by atoms with Gasteiger partial charge < -0.3 is 20.3 Å². The molecule has 6 nitrogen and oxygen atoms in total. The molecule has 1 unspecified atom stereocenters. The minimum absolute atomic E-state index is 0.0469. The maximum atomic E-state index is 12.8. The van der Waals surface area contributed by atoms with Crippen molar-refractivity contribution in [2.24, 2.45) is 5.92 Å². The van der Waals surface area contributed by atoms with E-state index in [9.17, 15) is 18.4 Å². The van der Waals surface area contributed by atoms with Crippen LogP contribution in [0.2, 0.25) is 0 Å². The van der Waals surface area contributed by atoms with Gasteiger partial charge in [0.1, 0.15) is 11.8 Å². The maximum absolute atomic E-state index is 12.8. The lowest BCUT2D eigenvalue weighted by Crippen LogP contribution is -2.52. The molecule has 0 aliphatic carbocycles. The fraction of sp³-hybridized carbons (Fsp3) is 0.529. The van der Waals surface area contributed by atoms with Crippen LogP contribution >= 0.6 is 0 Å². The van der Waals surface area contributed by atoms with Crippen LogP contribution in [0.5, 0.6) is 5.75 Å². The van der Waals surface area contributed by atoms with E-state index in [-0.39, 0.29) is 17.2 Å². The van der Waals surface area contributed by atoms with E-state index in [1.807, 2.05) is 0 Å². The first-order chi connectivity index (χ1) is 12.1. The Kier molecular flexibility index (Phi) is 5.47. The summed E-state index contributed by atoms with van der Waals surface area (Å²) in [5, 5.41) is 6.02. The first-order valence-corrected chi connectivity index (χ1v) is 8.39. The van der Waals surface area contributed by atoms with Crippen molar-refractivity contribution in [1.29, 1.82) is 0 Å². The summed E-state index contributed by atoms with van der Waals surface area (Å²) in [7, 11) is 0. The van der Waals surface area contributed by atoms with E-state index in [0.29, 0.717) is 31.8 Å². The third-order valence-electron chi connectivity index (χ3n) is 4.58. The molecule has 2 aliphatic heterocycles. The predicted octanol–water partition coefficient (Wildman–Crippen LogP) is 1.23. The average molecular weight is 353 g/mol. The van der Waals surface area contributed by atoms with Crippen molar-refractivity contribution in [3.8, 4) is 5.75 Å². The molecule has 2 aliphatic rings. The Morgan fingerprint density at radius 2 is 2.08 bits per heavy atom. The Balaban J connectivity index is 1.69. The van der Waals surface area contributed by atoms with Gasteiger partial charge in [0.15, 0.2) is 0 Å². The molecule has 3 rings (SSSR count). The maximum Gasteiger partial charge on any atom is 0.387 e. The fourth-order valence-electron chi connectivity index (χ4n) is 3.13. The molecule has 1 atom stereocenters. The highest BCUT2D eigenvalue weighted by atomic mass is 19.3. The van der Waals surface area contributed by atoms with Gasteiger partial charge in [0, 0.05) is 32.1 Å². The van der Waals surface area contributed by atoms with Gasteiger partial charge in [0.25, 0.3) is 5.91 Å². The fourth-order valence-corrected chi connectivity index (χ4v) is 3.13. The highest BCUT2D eigenvalue weighted by Crippen LogP contribution is 2.26. The normalized spacial score (nSPS) is 20.4. The van der Waals surface area contributed by atoms with Gasteiger partial charge in [-0.05, 0) is 25.0 Å². The summed E-state index contributed by atoms with van der Waals surface area (Å²) >= 11 is 0. The lowest BCUT2D eigenvalue weighted by Gasteiger charge is -2.29. The van der Waals surface area contributed by atoms with Gasteiger partial charge in [0.2, 0.25) is 5.91 Å². The third-order valence-corrected chi connectivity index (χ3v) is 4.58. The molecular weight excluding hydrogens is 332 g/mol. The third kappa shape index (κ3) is 4.07. The first kappa shape index (κ1) is 17.6. The number of alkyl halides is 2. The SMILES string of the molecule is O=C(NCC1CNC1)C1CCCN1C(=O)c1ccccc1OC(F)F. The summed E-state index contributed by atoms with van der Waals surface area (Å²) in [6.07, 6.45) is 1.27. The molecule has 2 fully saturated rings. The molecular formula is C17H21F2N3O3. The van der Waals surface area contributed by atoms with Gasteiger partial charge in [-0.15, -0.1) is 0 Å². The van der Waals surface area contributed by atoms with Crippen LogP contribution in [-0.4, -0.2) is 55.5 Å². The van der Waals surface area contributed by atoms with Crippen molar-refractivity contribution in [2.75, 3.05) is 26.2 Å². The second-order valence-electron chi connectivity index (χ2n) is 6.30. The molecule has 0 spiro atoms. The van der Waals surface area contributed by atoms with Gasteiger partial charge in [-0.2, -0.15) is 8.78 Å². The van der Waals surface area contributed by atoms with E-state index in [1.165, 1.54) is 23.1 Å². The van der Waals surface area contributed by atoms with Crippen LogP contribution in [-0.2, 0) is 4.79 Å². The summed E-state index contributed by atoms with van der Waals surface area (Å²) in [6, 6.07) is 5.30. The van der Waals surface area contributed by atoms with Gasteiger partial charge in [-0.1, -0.05) is 12.1 Å². The number of rotatable bonds is 6. The summed E-state index contributed by atoms with van der Waals surface area (Å²) in [6.45, 7) is -0.249. The molecule has 2 heterocycles. The van der Waals surface area contributed by atoms with Crippen LogP contribution in [0.1, 0.15) is 23.2 Å². The Morgan fingerprint density at radius 3 is 2.76 bits per heavy atom. The van der Waals surface area contributed by atoms with E-state index in [1.54, 1.807) is 6.07 Å². The highest BCUT2D eigenvalue weighted by Gasteiger charge is 2.36. The van der Waals surface area contributed by atoms with Crippen LogP contribution in [0.4, 0.5) is 8.78 Å². The number of benzene rings is 1. The largest absolute Gasteiger partial charge is 0.434 e. The van der Waals surface area contributed by atoms with Gasteiger partial charge in [-0.25, -0.2) is 0 Å². The second-order valence-corrected chi connectivity index (χ2v) is 6.30. The number of nitrogens with one attached hydrogen (secondary N) is 2. The predicted molar refractivity (Wildman–Crippen MR) is 86.5 cm³/mol. The topological polar surface area (TPSA) is 70.7 Å². The standard InChI is InChI=1S/C17H21F2N3O3/c18-17(19)25-14-6-2-1-4-12(14)16(24)22-7-3-5-13(22)15(23)21-10-11-8-20-9-11/h1-2,4,6,11,13,17,20H,3,5,7-10H2,(H,21,23). The van der Waals surface area contributed by atoms with E-state index < -0.39 is 18.6 Å². The summed E-state index contributed by atoms with van der Waals surface area (Å²) in [5.41, 5.74) is 0.0469. The van der Waals surface area contributed by atoms with Crippen LogP contribution in [0, 0.1) is 5.92 Å². The Bertz CT molecular complexity index is 637. The number of nitrogens with zero attached hydrogens (tertiary/aromatic N) is 1. The summed E-state index contributed by atoms with van der Waals surface area (Å²) in [4.78, 5) is 26.6. The lowest BCUT2D eigenvalue weighted by atomic mass is 10.0. The molecule has 1 aromatic carbocycles. The van der Waals surface area contributed by atoms with E-state index in [4.69, 9.17) is 0 Å². The number of likely N-dealkylation sites (tertiary alicyclic amines) is 1. The van der Waals surface area contributed by atoms with Crippen LogP contribution in [0.25, 0.3) is 0 Å². The molecule has 1 aromatic rings. The molecule has 2 saturated heterocycles. The van der Waals surface area contributed by atoms with Crippen LogP contribution in [0.15, 0.2) is 24.3 Å². The number of para-hydroxylation sites is 1. The minimum atomic E-state index is -3.01. The monoisotopic (exact) mass is 353 g/mol. The number of amides is 2. The number of carbonyl (C=O) groups excluding carboxylic acids is 2. The molecule has 2 amide bonds. The zero-order valence-corrected chi connectivity index (χ0v) is 13.7. The smallest absolute Gasteiger partial charge is 0.387 e. The van der Waals surface area contributed by atoms with Crippen molar-refractivity contribution >= 4 is 11.8 Å². The first-order valence-electron chi connectivity index (χ1n) is 8.39. The van der Waals surface area contributed by atoms with Crippen molar-refractivity contribution < 1.29 is 23.1 Å². The zero-order valence-electron chi connectivity index (χ0n) is 13.7. The number of hydrogen-bond donors (Lipinski definition) is 2. The number of halogens is 2. The Morgan fingerprint density at radius 1 is 1.32 bits per heavy atom. The molecule has 2 N–H and O–H groups in total. The second kappa shape index (κ2) is 7.77. The van der Waals surface area contributed by atoms with Crippen molar-refractivity contribution in [3.63, 3.8) is 0 Å². The quantitative estimate of drug-likeness (QED) is 0.807. The van der Waals surface area contributed by atoms with E-state index in [2.05, 4.69) is 15.4 Å². The summed E-state index contributed by atoms with van der Waals surface area (Å²) < 4.78 is 29.5. The van der Waals surface area contributed by atoms with E-state index in [0.717, 1.165) is 13.1 Å². The molecule has 8 heteroatoms.